The maximum Gasteiger partial charge on any atom is 0.127 e. The number of halogens is 1. The molecule has 1 nitrogen and oxygen atoms in total. The number of hydrogen-bond acceptors (Lipinski definition) is 1. The number of benzene rings is 2. The quantitative estimate of drug-likeness (QED) is 0.767. The molecule has 2 rings (SSSR count). The minimum atomic E-state index is -0.231. The summed E-state index contributed by atoms with van der Waals surface area (Å²) in [7, 11) is 0. The second-order valence-corrected chi connectivity index (χ2v) is 3.94. The number of aryl methyl sites for hydroxylation is 1. The van der Waals surface area contributed by atoms with Crippen LogP contribution in [0.1, 0.15) is 12.5 Å². The maximum absolute atomic E-state index is 13.2. The van der Waals surface area contributed by atoms with Gasteiger partial charge in [-0.2, -0.15) is 0 Å². The Morgan fingerprint density at radius 2 is 1.94 bits per heavy atom. The SMILES string of the molecule is CCOc1cc(C)ccc1-c1cccc(F)c1. The van der Waals surface area contributed by atoms with Gasteiger partial charge in [-0.05, 0) is 43.2 Å². The second-order valence-electron chi connectivity index (χ2n) is 3.94. The molecule has 17 heavy (non-hydrogen) atoms. The fraction of sp³-hybridized carbons (Fsp3) is 0.200. The third-order valence-electron chi connectivity index (χ3n) is 2.57. The van der Waals surface area contributed by atoms with Crippen molar-refractivity contribution in [3.05, 3.63) is 53.8 Å². The molecule has 2 heteroatoms. The van der Waals surface area contributed by atoms with Gasteiger partial charge in [-0.15, -0.1) is 0 Å². The van der Waals surface area contributed by atoms with E-state index in [1.165, 1.54) is 12.1 Å². The van der Waals surface area contributed by atoms with E-state index in [0.717, 1.165) is 22.4 Å². The van der Waals surface area contributed by atoms with Gasteiger partial charge < -0.3 is 4.74 Å². The third kappa shape index (κ3) is 2.64. The average Bonchev–Trinajstić information content (AvgIpc) is 2.29. The molecular weight excluding hydrogens is 215 g/mol. The van der Waals surface area contributed by atoms with Gasteiger partial charge in [0.15, 0.2) is 0 Å². The molecule has 0 saturated heterocycles. The van der Waals surface area contributed by atoms with E-state index in [0.29, 0.717) is 6.61 Å². The zero-order valence-electron chi connectivity index (χ0n) is 10.0. The van der Waals surface area contributed by atoms with Gasteiger partial charge in [0.2, 0.25) is 0 Å². The lowest BCUT2D eigenvalue weighted by Gasteiger charge is -2.11. The van der Waals surface area contributed by atoms with Crippen molar-refractivity contribution in [2.75, 3.05) is 6.61 Å². The van der Waals surface area contributed by atoms with Crippen molar-refractivity contribution in [3.63, 3.8) is 0 Å². The van der Waals surface area contributed by atoms with Gasteiger partial charge in [-0.25, -0.2) is 4.39 Å². The van der Waals surface area contributed by atoms with Gasteiger partial charge in [0.1, 0.15) is 11.6 Å². The Hall–Kier alpha value is -1.83. The molecule has 0 fully saturated rings. The summed E-state index contributed by atoms with van der Waals surface area (Å²) < 4.78 is 18.8. The van der Waals surface area contributed by atoms with Crippen LogP contribution in [0.2, 0.25) is 0 Å². The summed E-state index contributed by atoms with van der Waals surface area (Å²) in [5, 5.41) is 0. The van der Waals surface area contributed by atoms with Gasteiger partial charge in [0.05, 0.1) is 6.61 Å². The first-order valence-electron chi connectivity index (χ1n) is 5.70. The standard InChI is InChI=1S/C15H15FO/c1-3-17-15-9-11(2)7-8-14(15)12-5-4-6-13(16)10-12/h4-10H,3H2,1-2H3. The molecule has 0 bridgehead atoms. The van der Waals surface area contributed by atoms with E-state index in [1.54, 1.807) is 6.07 Å². The summed E-state index contributed by atoms with van der Waals surface area (Å²) >= 11 is 0. The zero-order valence-corrected chi connectivity index (χ0v) is 10.0. The number of hydrogen-bond donors (Lipinski definition) is 0. The smallest absolute Gasteiger partial charge is 0.127 e. The van der Waals surface area contributed by atoms with E-state index in [-0.39, 0.29) is 5.82 Å². The van der Waals surface area contributed by atoms with Crippen LogP contribution in [0, 0.1) is 12.7 Å². The number of ether oxygens (including phenoxy) is 1. The summed E-state index contributed by atoms with van der Waals surface area (Å²) in [4.78, 5) is 0. The first kappa shape index (κ1) is 11.6. The van der Waals surface area contributed by atoms with Gasteiger partial charge in [0.25, 0.3) is 0 Å². The molecule has 0 aliphatic rings. The van der Waals surface area contributed by atoms with Crippen LogP contribution in [-0.2, 0) is 0 Å². The van der Waals surface area contributed by atoms with Crippen molar-refractivity contribution in [1.29, 1.82) is 0 Å². The third-order valence-corrected chi connectivity index (χ3v) is 2.57. The van der Waals surface area contributed by atoms with E-state index >= 15 is 0 Å². The average molecular weight is 230 g/mol. The minimum Gasteiger partial charge on any atom is -0.493 e. The van der Waals surface area contributed by atoms with Crippen LogP contribution < -0.4 is 4.74 Å². The molecule has 0 heterocycles. The van der Waals surface area contributed by atoms with E-state index < -0.39 is 0 Å². The molecular formula is C15H15FO. The Kier molecular flexibility index (Phi) is 3.43. The van der Waals surface area contributed by atoms with Gasteiger partial charge in [0, 0.05) is 5.56 Å². The van der Waals surface area contributed by atoms with Crippen LogP contribution in [-0.4, -0.2) is 6.61 Å². The Bertz CT molecular complexity index is 520. The fourth-order valence-electron chi connectivity index (χ4n) is 1.80. The highest BCUT2D eigenvalue weighted by atomic mass is 19.1. The molecule has 0 aliphatic heterocycles. The van der Waals surface area contributed by atoms with Crippen LogP contribution in [0.4, 0.5) is 4.39 Å². The first-order valence-corrected chi connectivity index (χ1v) is 5.70. The van der Waals surface area contributed by atoms with Gasteiger partial charge in [-0.3, -0.25) is 0 Å². The fourth-order valence-corrected chi connectivity index (χ4v) is 1.80. The zero-order chi connectivity index (χ0) is 12.3. The Labute approximate surface area is 101 Å². The van der Waals surface area contributed by atoms with E-state index in [9.17, 15) is 4.39 Å². The molecule has 0 N–H and O–H groups in total. The second kappa shape index (κ2) is 5.00. The van der Waals surface area contributed by atoms with Crippen molar-refractivity contribution >= 4 is 0 Å². The van der Waals surface area contributed by atoms with Gasteiger partial charge in [-0.1, -0.05) is 24.3 Å². The van der Waals surface area contributed by atoms with Crippen LogP contribution in [0.25, 0.3) is 11.1 Å². The molecule has 0 atom stereocenters. The van der Waals surface area contributed by atoms with Crippen LogP contribution in [0.15, 0.2) is 42.5 Å². The summed E-state index contributed by atoms with van der Waals surface area (Å²) in [6.07, 6.45) is 0. The molecule has 2 aromatic carbocycles. The Morgan fingerprint density at radius 3 is 2.65 bits per heavy atom. The molecule has 0 aromatic heterocycles. The molecule has 0 radical (unpaired) electrons. The van der Waals surface area contributed by atoms with Crippen molar-refractivity contribution in [2.45, 2.75) is 13.8 Å². The van der Waals surface area contributed by atoms with Crippen LogP contribution in [0.3, 0.4) is 0 Å². The molecule has 0 unspecified atom stereocenters. The van der Waals surface area contributed by atoms with Crippen molar-refractivity contribution in [1.82, 2.24) is 0 Å². The largest absolute Gasteiger partial charge is 0.493 e. The van der Waals surface area contributed by atoms with E-state index in [4.69, 9.17) is 4.74 Å². The van der Waals surface area contributed by atoms with Crippen LogP contribution >= 0.6 is 0 Å². The molecule has 0 amide bonds. The predicted octanol–water partition coefficient (Wildman–Crippen LogP) is 4.20. The van der Waals surface area contributed by atoms with E-state index in [1.807, 2.05) is 38.1 Å². The molecule has 0 saturated carbocycles. The highest BCUT2D eigenvalue weighted by Crippen LogP contribution is 2.31. The monoisotopic (exact) mass is 230 g/mol. The first-order chi connectivity index (χ1) is 8.20. The lowest BCUT2D eigenvalue weighted by atomic mass is 10.0. The van der Waals surface area contributed by atoms with Crippen molar-refractivity contribution in [3.8, 4) is 16.9 Å². The summed E-state index contributed by atoms with van der Waals surface area (Å²) in [5.74, 6) is 0.573. The van der Waals surface area contributed by atoms with Gasteiger partial charge >= 0.3 is 0 Å². The Morgan fingerprint density at radius 1 is 1.12 bits per heavy atom. The van der Waals surface area contributed by atoms with Crippen molar-refractivity contribution < 1.29 is 9.13 Å². The number of rotatable bonds is 3. The highest BCUT2D eigenvalue weighted by molar-refractivity contribution is 5.70. The summed E-state index contributed by atoms with van der Waals surface area (Å²) in [5.41, 5.74) is 2.90. The summed E-state index contributed by atoms with van der Waals surface area (Å²) in [6.45, 7) is 4.56. The Balaban J connectivity index is 2.50. The highest BCUT2D eigenvalue weighted by Gasteiger charge is 2.07. The normalized spacial score (nSPS) is 10.3. The lowest BCUT2D eigenvalue weighted by molar-refractivity contribution is 0.341. The lowest BCUT2D eigenvalue weighted by Crippen LogP contribution is -1.94. The topological polar surface area (TPSA) is 9.23 Å². The molecule has 0 spiro atoms. The molecule has 2 aromatic rings. The van der Waals surface area contributed by atoms with Crippen LogP contribution in [0.5, 0.6) is 5.75 Å². The minimum absolute atomic E-state index is 0.231. The predicted molar refractivity (Wildman–Crippen MR) is 67.7 cm³/mol. The summed E-state index contributed by atoms with van der Waals surface area (Å²) in [6, 6.07) is 12.5. The van der Waals surface area contributed by atoms with E-state index in [2.05, 4.69) is 0 Å². The maximum atomic E-state index is 13.2. The molecule has 0 aliphatic carbocycles. The van der Waals surface area contributed by atoms with Crippen molar-refractivity contribution in [2.24, 2.45) is 0 Å². The molecule has 88 valence electrons.